The number of halogens is 1. The second-order valence-electron chi connectivity index (χ2n) is 5.08. The molecule has 1 N–H and O–H groups in total. The Hall–Kier alpha value is -1.75. The molecule has 0 saturated heterocycles. The van der Waals surface area contributed by atoms with E-state index in [4.69, 9.17) is 0 Å². The second kappa shape index (κ2) is 6.80. The lowest BCUT2D eigenvalue weighted by Gasteiger charge is -2.14. The topological polar surface area (TPSA) is 46.2 Å². The molecular formula is C16H18FNO2S. The first-order chi connectivity index (χ1) is 9.99. The summed E-state index contributed by atoms with van der Waals surface area (Å²) in [5, 5.41) is 3.90. The highest BCUT2D eigenvalue weighted by Gasteiger charge is 2.14. The van der Waals surface area contributed by atoms with E-state index in [2.05, 4.69) is 5.32 Å². The Morgan fingerprint density at radius 1 is 1.24 bits per heavy atom. The van der Waals surface area contributed by atoms with Crippen LogP contribution in [0.15, 0.2) is 36.4 Å². The van der Waals surface area contributed by atoms with Gasteiger partial charge >= 0.3 is 0 Å². The van der Waals surface area contributed by atoms with E-state index in [1.54, 1.807) is 30.5 Å². The van der Waals surface area contributed by atoms with Gasteiger partial charge in [-0.25, -0.2) is 4.39 Å². The largest absolute Gasteiger partial charge is 0.350 e. The van der Waals surface area contributed by atoms with Gasteiger partial charge in [-0.05, 0) is 30.9 Å². The van der Waals surface area contributed by atoms with Gasteiger partial charge in [0.15, 0.2) is 0 Å². The molecule has 112 valence electrons. The van der Waals surface area contributed by atoms with Crippen LogP contribution in [0.4, 0.5) is 4.39 Å². The smallest absolute Gasteiger partial charge is 0.252 e. The van der Waals surface area contributed by atoms with Crippen molar-refractivity contribution in [3.63, 3.8) is 0 Å². The van der Waals surface area contributed by atoms with E-state index in [0.717, 1.165) is 0 Å². The van der Waals surface area contributed by atoms with Gasteiger partial charge in [0.25, 0.3) is 5.91 Å². The summed E-state index contributed by atoms with van der Waals surface area (Å²) in [6, 6.07) is 9.64. The molecule has 0 fully saturated rings. The van der Waals surface area contributed by atoms with Gasteiger partial charge in [-0.15, -0.1) is 0 Å². The van der Waals surface area contributed by atoms with Gasteiger partial charge in [0, 0.05) is 39.8 Å². The molecule has 2 atom stereocenters. The van der Waals surface area contributed by atoms with Crippen LogP contribution < -0.4 is 5.32 Å². The van der Waals surface area contributed by atoms with Gasteiger partial charge in [-0.2, -0.15) is 0 Å². The molecule has 0 spiro atoms. The van der Waals surface area contributed by atoms with Gasteiger partial charge in [-0.1, -0.05) is 24.3 Å². The number of hydrogen-bond acceptors (Lipinski definition) is 2. The zero-order valence-electron chi connectivity index (χ0n) is 12.1. The molecule has 2 rings (SSSR count). The Bertz CT molecular complexity index is 687. The Morgan fingerprint density at radius 3 is 2.57 bits per heavy atom. The van der Waals surface area contributed by atoms with Crippen molar-refractivity contribution in [2.75, 3.05) is 12.0 Å². The SMILES string of the molecule is CC(CCS(C)=O)NC(=O)c1ccc(F)c2ccccc12. The van der Waals surface area contributed by atoms with Crippen LogP contribution >= 0.6 is 0 Å². The number of fused-ring (bicyclic) bond motifs is 1. The zero-order valence-corrected chi connectivity index (χ0v) is 12.9. The molecule has 0 aliphatic rings. The minimum Gasteiger partial charge on any atom is -0.350 e. The maximum atomic E-state index is 13.7. The van der Waals surface area contributed by atoms with E-state index in [9.17, 15) is 13.4 Å². The lowest BCUT2D eigenvalue weighted by molar-refractivity contribution is 0.0941. The van der Waals surface area contributed by atoms with Gasteiger partial charge in [-0.3, -0.25) is 9.00 Å². The summed E-state index contributed by atoms with van der Waals surface area (Å²) in [4.78, 5) is 12.3. The number of benzene rings is 2. The maximum Gasteiger partial charge on any atom is 0.252 e. The normalized spacial score (nSPS) is 13.9. The van der Waals surface area contributed by atoms with Crippen LogP contribution in [0, 0.1) is 5.82 Å². The third-order valence-corrected chi connectivity index (χ3v) is 4.14. The lowest BCUT2D eigenvalue weighted by atomic mass is 10.0. The number of carbonyl (C=O) groups is 1. The van der Waals surface area contributed by atoms with Crippen molar-refractivity contribution in [3.05, 3.63) is 47.8 Å². The number of amides is 1. The van der Waals surface area contributed by atoms with Crippen LogP contribution in [0.25, 0.3) is 10.8 Å². The van der Waals surface area contributed by atoms with Gasteiger partial charge in [0.1, 0.15) is 5.82 Å². The third kappa shape index (κ3) is 3.88. The fourth-order valence-corrected chi connectivity index (χ4v) is 2.86. The Morgan fingerprint density at radius 2 is 1.90 bits per heavy atom. The molecule has 3 nitrogen and oxygen atoms in total. The molecule has 21 heavy (non-hydrogen) atoms. The zero-order chi connectivity index (χ0) is 15.4. The van der Waals surface area contributed by atoms with Gasteiger partial charge in [0.05, 0.1) is 0 Å². The first kappa shape index (κ1) is 15.6. The summed E-state index contributed by atoms with van der Waals surface area (Å²) in [6.45, 7) is 1.87. The Balaban J connectivity index is 2.20. The summed E-state index contributed by atoms with van der Waals surface area (Å²) in [6.07, 6.45) is 2.29. The van der Waals surface area contributed by atoms with Crippen molar-refractivity contribution in [2.24, 2.45) is 0 Å². The molecule has 0 heterocycles. The fraction of sp³-hybridized carbons (Fsp3) is 0.312. The minimum atomic E-state index is -0.872. The highest BCUT2D eigenvalue weighted by Crippen LogP contribution is 2.21. The second-order valence-corrected chi connectivity index (χ2v) is 6.64. The van der Waals surface area contributed by atoms with Crippen molar-refractivity contribution in [3.8, 4) is 0 Å². The molecule has 0 bridgehead atoms. The number of carbonyl (C=O) groups excluding carboxylic acids is 1. The van der Waals surface area contributed by atoms with Crippen molar-refractivity contribution in [1.82, 2.24) is 5.32 Å². The maximum absolute atomic E-state index is 13.7. The summed E-state index contributed by atoms with van der Waals surface area (Å²) in [5.41, 5.74) is 0.455. The van der Waals surface area contributed by atoms with Crippen LogP contribution in [0.2, 0.25) is 0 Å². The number of rotatable bonds is 5. The molecule has 1 amide bonds. The Kier molecular flexibility index (Phi) is 5.07. The molecule has 0 aliphatic heterocycles. The summed E-state index contributed by atoms with van der Waals surface area (Å²) >= 11 is 0. The predicted octanol–water partition coefficient (Wildman–Crippen LogP) is 2.87. The molecule has 2 aromatic rings. The van der Waals surface area contributed by atoms with Crippen molar-refractivity contribution in [2.45, 2.75) is 19.4 Å². The molecular weight excluding hydrogens is 289 g/mol. The van der Waals surface area contributed by atoms with Crippen LogP contribution in [0.3, 0.4) is 0 Å². The fourth-order valence-electron chi connectivity index (χ4n) is 2.18. The standard InChI is InChI=1S/C16H18FNO2S/c1-11(9-10-21(2)20)18-16(19)14-7-8-15(17)13-6-4-3-5-12(13)14/h3-8,11H,9-10H2,1-2H3,(H,18,19). The first-order valence-corrected chi connectivity index (χ1v) is 8.50. The number of hydrogen-bond donors (Lipinski definition) is 1. The average molecular weight is 307 g/mol. The number of nitrogens with one attached hydrogen (secondary N) is 1. The molecule has 0 saturated carbocycles. The van der Waals surface area contributed by atoms with Crippen LogP contribution in [-0.2, 0) is 10.8 Å². The van der Waals surface area contributed by atoms with Crippen LogP contribution in [0.1, 0.15) is 23.7 Å². The lowest BCUT2D eigenvalue weighted by Crippen LogP contribution is -2.33. The van der Waals surface area contributed by atoms with Crippen LogP contribution in [-0.4, -0.2) is 28.2 Å². The molecule has 5 heteroatoms. The van der Waals surface area contributed by atoms with E-state index in [0.29, 0.717) is 28.5 Å². The van der Waals surface area contributed by atoms with Gasteiger partial charge in [0.2, 0.25) is 0 Å². The van der Waals surface area contributed by atoms with E-state index in [1.807, 2.05) is 6.92 Å². The van der Waals surface area contributed by atoms with Crippen molar-refractivity contribution in [1.29, 1.82) is 0 Å². The molecule has 2 unspecified atom stereocenters. The highest BCUT2D eigenvalue weighted by atomic mass is 32.2. The summed E-state index contributed by atoms with van der Waals surface area (Å²) in [5.74, 6) is -0.0248. The summed E-state index contributed by atoms with van der Waals surface area (Å²) < 4.78 is 24.8. The summed E-state index contributed by atoms with van der Waals surface area (Å²) in [7, 11) is -0.872. The Labute approximate surface area is 126 Å². The first-order valence-electron chi connectivity index (χ1n) is 6.77. The highest BCUT2D eigenvalue weighted by molar-refractivity contribution is 7.84. The van der Waals surface area contributed by atoms with Gasteiger partial charge < -0.3 is 5.32 Å². The minimum absolute atomic E-state index is 0.0785. The molecule has 0 aromatic heterocycles. The molecule has 0 aliphatic carbocycles. The van der Waals surface area contributed by atoms with E-state index in [-0.39, 0.29) is 17.8 Å². The van der Waals surface area contributed by atoms with Crippen molar-refractivity contribution < 1.29 is 13.4 Å². The van der Waals surface area contributed by atoms with Crippen LogP contribution in [0.5, 0.6) is 0 Å². The predicted molar refractivity (Wildman–Crippen MR) is 84.4 cm³/mol. The average Bonchev–Trinajstić information content (AvgIpc) is 2.45. The molecule has 0 radical (unpaired) electrons. The van der Waals surface area contributed by atoms with E-state index < -0.39 is 10.8 Å². The molecule has 2 aromatic carbocycles. The third-order valence-electron chi connectivity index (χ3n) is 3.33. The van der Waals surface area contributed by atoms with E-state index in [1.165, 1.54) is 12.1 Å². The van der Waals surface area contributed by atoms with E-state index >= 15 is 0 Å². The van der Waals surface area contributed by atoms with Crippen molar-refractivity contribution >= 4 is 27.5 Å². The monoisotopic (exact) mass is 307 g/mol. The quantitative estimate of drug-likeness (QED) is 0.923.